The lowest BCUT2D eigenvalue weighted by Crippen LogP contribution is -2.13. The van der Waals surface area contributed by atoms with Crippen LogP contribution in [-0.2, 0) is 6.18 Å². The third-order valence-electron chi connectivity index (χ3n) is 5.09. The molecular formula is C20H18ClF3N6O2S. The molecule has 0 bridgehead atoms. The zero-order valence-corrected chi connectivity index (χ0v) is 18.8. The Labute approximate surface area is 195 Å². The molecule has 0 aromatic carbocycles. The fraction of sp³-hybridized carbons (Fsp3) is 0.350. The first-order chi connectivity index (χ1) is 15.5. The number of pyridine rings is 1. The minimum Gasteiger partial charge on any atom is -0.369 e. The molecule has 0 unspecified atom stereocenters. The van der Waals surface area contributed by atoms with Gasteiger partial charge in [-0.2, -0.15) is 13.2 Å². The summed E-state index contributed by atoms with van der Waals surface area (Å²) in [5.74, 6) is -1.07. The van der Waals surface area contributed by atoms with Crippen molar-refractivity contribution in [1.29, 1.82) is 0 Å². The van der Waals surface area contributed by atoms with Crippen molar-refractivity contribution >= 4 is 46.4 Å². The lowest BCUT2D eigenvalue weighted by atomic mass is 10.0. The standard InChI is InChI=1S/C20H18ClF3N6O2S/c1-9(4-14(31)13-7-28-19(25)30(13)10-2-3-10)18-27-8-15(33-18)17(32)29-16-5-11(20(22,23)24)12(21)6-26-16/h5-10H,2-4H2,1H3,(H2,25,28)(H,26,29,32)/t9-/m0/s1. The number of carbonyl (C=O) groups excluding carboxylic acids is 2. The van der Waals surface area contributed by atoms with Crippen molar-refractivity contribution in [3.8, 4) is 0 Å². The number of ketones is 1. The second kappa shape index (κ2) is 8.75. The van der Waals surface area contributed by atoms with Gasteiger partial charge in [-0.15, -0.1) is 11.3 Å². The van der Waals surface area contributed by atoms with Crippen molar-refractivity contribution in [3.05, 3.63) is 50.8 Å². The van der Waals surface area contributed by atoms with Crippen molar-refractivity contribution in [2.75, 3.05) is 11.1 Å². The highest BCUT2D eigenvalue weighted by atomic mass is 35.5. The SMILES string of the molecule is C[C@@H](CC(=O)c1cnc(N)n1C1CC1)c1ncc(C(=O)Nc2cc(C(F)(F)F)c(Cl)cn2)s1. The van der Waals surface area contributed by atoms with E-state index in [1.807, 2.05) is 0 Å². The van der Waals surface area contributed by atoms with Gasteiger partial charge in [0.15, 0.2) is 5.78 Å². The van der Waals surface area contributed by atoms with Gasteiger partial charge in [-0.1, -0.05) is 18.5 Å². The molecule has 3 aromatic heterocycles. The molecule has 0 spiro atoms. The minimum absolute atomic E-state index is 0.134. The number of Topliss-reactive ketones (excluding diaryl/α,β-unsaturated/α-hetero) is 1. The second-order valence-corrected chi connectivity index (χ2v) is 9.16. The number of nitrogens with two attached hydrogens (primary N) is 1. The summed E-state index contributed by atoms with van der Waals surface area (Å²) in [7, 11) is 0. The molecule has 1 saturated carbocycles. The molecule has 0 aliphatic heterocycles. The van der Waals surface area contributed by atoms with Crippen molar-refractivity contribution in [3.63, 3.8) is 0 Å². The van der Waals surface area contributed by atoms with Gasteiger partial charge >= 0.3 is 6.18 Å². The average molecular weight is 499 g/mol. The molecule has 1 fully saturated rings. The van der Waals surface area contributed by atoms with E-state index in [1.165, 1.54) is 12.4 Å². The van der Waals surface area contributed by atoms with Crippen LogP contribution in [0.1, 0.15) is 68.9 Å². The van der Waals surface area contributed by atoms with Crippen molar-refractivity contribution in [1.82, 2.24) is 19.5 Å². The predicted octanol–water partition coefficient (Wildman–Crippen LogP) is 4.95. The number of hydrogen-bond acceptors (Lipinski definition) is 7. The highest BCUT2D eigenvalue weighted by molar-refractivity contribution is 7.13. The van der Waals surface area contributed by atoms with E-state index in [9.17, 15) is 22.8 Å². The van der Waals surface area contributed by atoms with Crippen LogP contribution in [0.15, 0.2) is 24.7 Å². The van der Waals surface area contributed by atoms with Gasteiger partial charge in [0.05, 0.1) is 28.0 Å². The van der Waals surface area contributed by atoms with E-state index in [4.69, 9.17) is 17.3 Å². The normalized spacial score (nSPS) is 14.8. The monoisotopic (exact) mass is 498 g/mol. The maximum atomic E-state index is 13.0. The molecule has 0 radical (unpaired) electrons. The molecule has 33 heavy (non-hydrogen) atoms. The fourth-order valence-corrected chi connectivity index (χ4v) is 4.37. The van der Waals surface area contributed by atoms with Crippen LogP contribution < -0.4 is 11.1 Å². The van der Waals surface area contributed by atoms with E-state index in [0.717, 1.165) is 30.4 Å². The predicted molar refractivity (Wildman–Crippen MR) is 117 cm³/mol. The average Bonchev–Trinajstić information content (AvgIpc) is 3.30. The molecule has 1 atom stereocenters. The number of carbonyl (C=O) groups is 2. The molecule has 3 heterocycles. The summed E-state index contributed by atoms with van der Waals surface area (Å²) in [6, 6.07) is 0.870. The summed E-state index contributed by atoms with van der Waals surface area (Å²) < 4.78 is 40.8. The minimum atomic E-state index is -4.68. The maximum absolute atomic E-state index is 13.0. The van der Waals surface area contributed by atoms with Gasteiger partial charge in [-0.3, -0.25) is 9.59 Å². The Bertz CT molecular complexity index is 1220. The molecule has 13 heteroatoms. The Balaban J connectivity index is 1.43. The number of thiazole rings is 1. The van der Waals surface area contributed by atoms with Crippen LogP contribution in [0.25, 0.3) is 0 Å². The number of imidazole rings is 1. The van der Waals surface area contributed by atoms with Crippen LogP contribution in [0.4, 0.5) is 24.9 Å². The molecule has 1 aliphatic rings. The van der Waals surface area contributed by atoms with Crippen LogP contribution in [0.3, 0.4) is 0 Å². The van der Waals surface area contributed by atoms with E-state index in [0.29, 0.717) is 22.7 Å². The first kappa shape index (κ1) is 23.2. The molecule has 3 N–H and O–H groups in total. The van der Waals surface area contributed by atoms with Crippen LogP contribution in [0.2, 0.25) is 5.02 Å². The Hall–Kier alpha value is -2.99. The molecule has 4 rings (SSSR count). The van der Waals surface area contributed by atoms with Gasteiger partial charge in [0.25, 0.3) is 5.91 Å². The highest BCUT2D eigenvalue weighted by Crippen LogP contribution is 2.39. The van der Waals surface area contributed by atoms with Crippen LogP contribution in [0, 0.1) is 0 Å². The van der Waals surface area contributed by atoms with E-state index in [2.05, 4.69) is 20.3 Å². The summed E-state index contributed by atoms with van der Waals surface area (Å²) in [4.78, 5) is 37.4. The summed E-state index contributed by atoms with van der Waals surface area (Å²) in [5, 5.41) is 2.29. The third kappa shape index (κ3) is 5.01. The van der Waals surface area contributed by atoms with E-state index in [-0.39, 0.29) is 34.9 Å². The molecule has 1 aliphatic carbocycles. The zero-order valence-electron chi connectivity index (χ0n) is 17.2. The highest BCUT2D eigenvalue weighted by Gasteiger charge is 2.34. The Morgan fingerprint density at radius 3 is 2.67 bits per heavy atom. The second-order valence-electron chi connectivity index (χ2n) is 7.70. The molecule has 1 amide bonds. The summed E-state index contributed by atoms with van der Waals surface area (Å²) in [5.41, 5.74) is 5.22. The van der Waals surface area contributed by atoms with E-state index in [1.54, 1.807) is 11.5 Å². The number of nitrogen functional groups attached to an aromatic ring is 1. The van der Waals surface area contributed by atoms with Crippen LogP contribution in [0.5, 0.6) is 0 Å². The lowest BCUT2D eigenvalue weighted by Gasteiger charge is -2.11. The first-order valence-corrected chi connectivity index (χ1v) is 11.1. The fourth-order valence-electron chi connectivity index (χ4n) is 3.29. The molecule has 3 aromatic rings. The number of halogens is 4. The van der Waals surface area contributed by atoms with Gasteiger partial charge in [0, 0.05) is 24.6 Å². The molecule has 174 valence electrons. The third-order valence-corrected chi connectivity index (χ3v) is 6.61. The summed E-state index contributed by atoms with van der Waals surface area (Å²) >= 11 is 6.59. The Kier molecular flexibility index (Phi) is 6.14. The topological polar surface area (TPSA) is 116 Å². The Morgan fingerprint density at radius 2 is 2.00 bits per heavy atom. The van der Waals surface area contributed by atoms with Crippen LogP contribution >= 0.6 is 22.9 Å². The van der Waals surface area contributed by atoms with Gasteiger partial charge in [-0.05, 0) is 18.9 Å². The summed E-state index contributed by atoms with van der Waals surface area (Å²) in [6.07, 6.45) is 0.966. The number of rotatable bonds is 7. The lowest BCUT2D eigenvalue weighted by molar-refractivity contribution is -0.137. The number of nitrogens with one attached hydrogen (secondary N) is 1. The van der Waals surface area contributed by atoms with Crippen molar-refractivity contribution in [2.24, 2.45) is 0 Å². The van der Waals surface area contributed by atoms with Gasteiger partial charge in [0.2, 0.25) is 5.95 Å². The number of anilines is 2. The molecule has 8 nitrogen and oxygen atoms in total. The number of nitrogens with zero attached hydrogens (tertiary/aromatic N) is 4. The number of aromatic nitrogens is 4. The smallest absolute Gasteiger partial charge is 0.369 e. The molecular weight excluding hydrogens is 481 g/mol. The quantitative estimate of drug-likeness (QED) is 0.445. The van der Waals surface area contributed by atoms with Gasteiger partial charge in [-0.25, -0.2) is 15.0 Å². The van der Waals surface area contributed by atoms with Gasteiger partial charge < -0.3 is 15.6 Å². The first-order valence-electron chi connectivity index (χ1n) is 9.90. The Morgan fingerprint density at radius 1 is 1.27 bits per heavy atom. The largest absolute Gasteiger partial charge is 0.418 e. The molecule has 0 saturated heterocycles. The summed E-state index contributed by atoms with van der Waals surface area (Å²) in [6.45, 7) is 1.80. The van der Waals surface area contributed by atoms with Gasteiger partial charge in [0.1, 0.15) is 16.4 Å². The zero-order chi connectivity index (χ0) is 23.9. The number of hydrogen-bond donors (Lipinski definition) is 2. The number of alkyl halides is 3. The van der Waals surface area contributed by atoms with Crippen molar-refractivity contribution < 1.29 is 22.8 Å². The number of amides is 1. The van der Waals surface area contributed by atoms with Crippen LogP contribution in [-0.4, -0.2) is 31.2 Å². The van der Waals surface area contributed by atoms with Crippen molar-refractivity contribution in [2.45, 2.75) is 44.3 Å². The van der Waals surface area contributed by atoms with E-state index < -0.39 is 22.7 Å². The maximum Gasteiger partial charge on any atom is 0.418 e. The van der Waals surface area contributed by atoms with E-state index >= 15 is 0 Å².